The Hall–Kier alpha value is -2.43. The van der Waals surface area contributed by atoms with Crippen LogP contribution in [0.25, 0.3) is 0 Å². The van der Waals surface area contributed by atoms with Crippen LogP contribution in [0.5, 0.6) is 0 Å². The van der Waals surface area contributed by atoms with Gasteiger partial charge in [0.15, 0.2) is 0 Å². The summed E-state index contributed by atoms with van der Waals surface area (Å²) < 4.78 is 26.5. The topological polar surface area (TPSA) is 55.1 Å². The van der Waals surface area contributed by atoms with Crippen molar-refractivity contribution >= 4 is 17.3 Å². The van der Waals surface area contributed by atoms with E-state index in [2.05, 4.69) is 5.32 Å². The average Bonchev–Trinajstić information content (AvgIpc) is 2.36. The van der Waals surface area contributed by atoms with E-state index in [-0.39, 0.29) is 5.56 Å². The normalized spacial score (nSPS) is 10.3. The first-order valence-electron chi connectivity index (χ1n) is 5.60. The van der Waals surface area contributed by atoms with Gasteiger partial charge in [0.05, 0.1) is 16.9 Å². The summed E-state index contributed by atoms with van der Waals surface area (Å²) in [6.45, 7) is 1.83. The van der Waals surface area contributed by atoms with Crippen molar-refractivity contribution in [1.82, 2.24) is 0 Å². The fraction of sp³-hybridized carbons (Fsp3) is 0.0714. The third-order valence-electron chi connectivity index (χ3n) is 2.63. The Labute approximate surface area is 109 Å². The monoisotopic (exact) mass is 262 g/mol. The molecule has 0 unspecified atom stereocenters. The van der Waals surface area contributed by atoms with Crippen molar-refractivity contribution in [2.24, 2.45) is 0 Å². The molecule has 0 fully saturated rings. The lowest BCUT2D eigenvalue weighted by Gasteiger charge is -2.09. The number of nitrogen functional groups attached to an aromatic ring is 1. The van der Waals surface area contributed by atoms with Crippen molar-refractivity contribution < 1.29 is 13.6 Å². The van der Waals surface area contributed by atoms with E-state index in [1.54, 1.807) is 18.2 Å². The molecule has 0 aliphatic carbocycles. The van der Waals surface area contributed by atoms with Crippen molar-refractivity contribution in [3.8, 4) is 0 Å². The summed E-state index contributed by atoms with van der Waals surface area (Å²) in [4.78, 5) is 11.9. The molecule has 0 aromatic heterocycles. The van der Waals surface area contributed by atoms with E-state index in [1.165, 1.54) is 0 Å². The fourth-order valence-corrected chi connectivity index (χ4v) is 1.64. The highest BCUT2D eigenvalue weighted by Crippen LogP contribution is 2.21. The van der Waals surface area contributed by atoms with E-state index < -0.39 is 17.5 Å². The van der Waals surface area contributed by atoms with Crippen LogP contribution in [-0.4, -0.2) is 5.91 Å². The van der Waals surface area contributed by atoms with Gasteiger partial charge in [0.2, 0.25) is 0 Å². The number of carbonyl (C=O) groups excluding carboxylic acids is 1. The van der Waals surface area contributed by atoms with Gasteiger partial charge in [-0.15, -0.1) is 0 Å². The van der Waals surface area contributed by atoms with Crippen molar-refractivity contribution in [3.63, 3.8) is 0 Å². The number of halogens is 2. The van der Waals surface area contributed by atoms with Crippen molar-refractivity contribution in [1.29, 1.82) is 0 Å². The number of nitrogens with one attached hydrogen (secondary N) is 1. The van der Waals surface area contributed by atoms with Crippen molar-refractivity contribution in [3.05, 3.63) is 59.2 Å². The van der Waals surface area contributed by atoms with Gasteiger partial charge in [-0.1, -0.05) is 6.07 Å². The summed E-state index contributed by atoms with van der Waals surface area (Å²) in [5, 5.41) is 2.46. The molecule has 2 rings (SSSR count). The van der Waals surface area contributed by atoms with Gasteiger partial charge < -0.3 is 11.1 Å². The van der Waals surface area contributed by atoms with E-state index in [0.717, 1.165) is 23.8 Å². The van der Waals surface area contributed by atoms with Crippen molar-refractivity contribution in [2.45, 2.75) is 6.92 Å². The first kappa shape index (κ1) is 13.0. The summed E-state index contributed by atoms with van der Waals surface area (Å²) >= 11 is 0. The minimum Gasteiger partial charge on any atom is -0.397 e. The number of anilines is 2. The third-order valence-corrected chi connectivity index (χ3v) is 2.63. The van der Waals surface area contributed by atoms with E-state index >= 15 is 0 Å². The molecule has 0 atom stereocenters. The zero-order valence-corrected chi connectivity index (χ0v) is 10.2. The zero-order valence-electron chi connectivity index (χ0n) is 10.2. The van der Waals surface area contributed by atoms with Gasteiger partial charge >= 0.3 is 0 Å². The van der Waals surface area contributed by atoms with Crippen LogP contribution >= 0.6 is 0 Å². The van der Waals surface area contributed by atoms with Crippen LogP contribution in [0.1, 0.15) is 15.9 Å². The number of carbonyl (C=O) groups is 1. The smallest absolute Gasteiger partial charge is 0.258 e. The highest BCUT2D eigenvalue weighted by molar-refractivity contribution is 6.05. The van der Waals surface area contributed by atoms with E-state index in [1.807, 2.05) is 6.92 Å². The highest BCUT2D eigenvalue weighted by atomic mass is 19.1. The Morgan fingerprint density at radius 1 is 1.16 bits per heavy atom. The number of rotatable bonds is 2. The second-order valence-electron chi connectivity index (χ2n) is 4.17. The molecule has 0 saturated carbocycles. The molecule has 3 N–H and O–H groups in total. The maximum absolute atomic E-state index is 13.4. The van der Waals surface area contributed by atoms with E-state index in [0.29, 0.717) is 11.4 Å². The molecule has 2 aromatic carbocycles. The summed E-state index contributed by atoms with van der Waals surface area (Å²) in [7, 11) is 0. The molecule has 98 valence electrons. The second-order valence-corrected chi connectivity index (χ2v) is 4.17. The molecule has 19 heavy (non-hydrogen) atoms. The minimum absolute atomic E-state index is 0.357. The molecule has 3 nitrogen and oxygen atoms in total. The molecule has 0 saturated heterocycles. The van der Waals surface area contributed by atoms with Gasteiger partial charge in [0.25, 0.3) is 5.91 Å². The SMILES string of the molecule is Cc1ccc(N)c(NC(=O)c2cc(F)ccc2F)c1. The molecule has 0 spiro atoms. The third kappa shape index (κ3) is 2.88. The van der Waals surface area contributed by atoms with Gasteiger partial charge in [-0.3, -0.25) is 4.79 Å². The molecule has 0 aliphatic heterocycles. The van der Waals surface area contributed by atoms with Crippen LogP contribution in [0.3, 0.4) is 0 Å². The van der Waals surface area contributed by atoms with Gasteiger partial charge in [-0.05, 0) is 42.8 Å². The molecule has 0 aliphatic rings. The second kappa shape index (κ2) is 5.06. The van der Waals surface area contributed by atoms with E-state index in [9.17, 15) is 13.6 Å². The number of nitrogens with two attached hydrogens (primary N) is 1. The molecule has 5 heteroatoms. The van der Waals surface area contributed by atoms with Crippen molar-refractivity contribution in [2.75, 3.05) is 11.1 Å². The number of hydrogen-bond acceptors (Lipinski definition) is 2. The molecule has 0 bridgehead atoms. The first-order chi connectivity index (χ1) is 8.97. The first-order valence-corrected chi connectivity index (χ1v) is 5.60. The summed E-state index contributed by atoms with van der Waals surface area (Å²) in [5.74, 6) is -2.21. The Bertz CT molecular complexity index is 641. The van der Waals surface area contributed by atoms with Crippen LogP contribution in [0.15, 0.2) is 36.4 Å². The van der Waals surface area contributed by atoms with E-state index in [4.69, 9.17) is 5.73 Å². The molecular weight excluding hydrogens is 250 g/mol. The summed E-state index contributed by atoms with van der Waals surface area (Å²) in [6, 6.07) is 7.78. The lowest BCUT2D eigenvalue weighted by molar-refractivity contribution is 0.102. The number of hydrogen-bond donors (Lipinski definition) is 2. The Balaban J connectivity index is 2.30. The Morgan fingerprint density at radius 3 is 2.63 bits per heavy atom. The van der Waals surface area contributed by atoms with Gasteiger partial charge in [0, 0.05) is 0 Å². The Kier molecular flexibility index (Phi) is 3.46. The van der Waals surface area contributed by atoms with Crippen LogP contribution in [-0.2, 0) is 0 Å². The highest BCUT2D eigenvalue weighted by Gasteiger charge is 2.14. The largest absolute Gasteiger partial charge is 0.397 e. The predicted octanol–water partition coefficient (Wildman–Crippen LogP) is 3.11. The lowest BCUT2D eigenvalue weighted by atomic mass is 10.1. The number of benzene rings is 2. The quantitative estimate of drug-likeness (QED) is 0.817. The van der Waals surface area contributed by atoms with Gasteiger partial charge in [-0.2, -0.15) is 0 Å². The summed E-state index contributed by atoms with van der Waals surface area (Å²) in [5.41, 5.74) is 6.96. The maximum Gasteiger partial charge on any atom is 0.258 e. The molecule has 2 aromatic rings. The number of amides is 1. The molecule has 1 amide bonds. The minimum atomic E-state index is -0.787. The predicted molar refractivity (Wildman–Crippen MR) is 69.9 cm³/mol. The molecule has 0 heterocycles. The molecular formula is C14H12F2N2O. The standard InChI is InChI=1S/C14H12F2N2O/c1-8-2-5-12(17)13(6-8)18-14(19)10-7-9(15)3-4-11(10)16/h2-7H,17H2,1H3,(H,18,19). The van der Waals surface area contributed by atoms with Crippen LogP contribution in [0.4, 0.5) is 20.2 Å². The summed E-state index contributed by atoms with van der Waals surface area (Å²) in [6.07, 6.45) is 0. The van der Waals surface area contributed by atoms with Gasteiger partial charge in [0.1, 0.15) is 11.6 Å². The zero-order chi connectivity index (χ0) is 14.0. The average molecular weight is 262 g/mol. The lowest BCUT2D eigenvalue weighted by Crippen LogP contribution is -2.15. The van der Waals surface area contributed by atoms with Crippen LogP contribution in [0.2, 0.25) is 0 Å². The Morgan fingerprint density at radius 2 is 1.89 bits per heavy atom. The number of aryl methyl sites for hydroxylation is 1. The van der Waals surface area contributed by atoms with Crippen LogP contribution in [0, 0.1) is 18.6 Å². The maximum atomic E-state index is 13.4. The molecule has 0 radical (unpaired) electrons. The van der Waals surface area contributed by atoms with Crippen LogP contribution < -0.4 is 11.1 Å². The van der Waals surface area contributed by atoms with Gasteiger partial charge in [-0.25, -0.2) is 8.78 Å². The fourth-order valence-electron chi connectivity index (χ4n) is 1.64.